The molecule has 2 nitrogen and oxygen atoms in total. The Kier molecular flexibility index (Phi) is 4.47. The van der Waals surface area contributed by atoms with Crippen LogP contribution < -0.4 is 5.32 Å². The number of nitrogens with one attached hydrogen (secondary N) is 1. The summed E-state index contributed by atoms with van der Waals surface area (Å²) in [5.74, 6) is -0.00326. The van der Waals surface area contributed by atoms with Crippen molar-refractivity contribution in [2.24, 2.45) is 5.41 Å². The predicted octanol–water partition coefficient (Wildman–Crippen LogP) is 2.85. The standard InChI is InChI=1S/C10H15ClF3NO/c11-6-5-9(3-4-9)7-15-8(16)1-2-10(12,13)14/h1-7H2,(H,15,16). The summed E-state index contributed by atoms with van der Waals surface area (Å²) in [5.41, 5.74) is 0.0651. The highest BCUT2D eigenvalue weighted by Crippen LogP contribution is 2.48. The van der Waals surface area contributed by atoms with Crippen LogP contribution in [0.3, 0.4) is 0 Å². The predicted molar refractivity (Wildman–Crippen MR) is 55.3 cm³/mol. The molecule has 0 heterocycles. The van der Waals surface area contributed by atoms with Crippen molar-refractivity contribution in [2.75, 3.05) is 12.4 Å². The second-order valence-corrected chi connectivity index (χ2v) is 4.71. The monoisotopic (exact) mass is 257 g/mol. The molecule has 1 rings (SSSR count). The molecule has 1 saturated carbocycles. The third-order valence-corrected chi connectivity index (χ3v) is 3.07. The first kappa shape index (κ1) is 13.6. The number of hydrogen-bond acceptors (Lipinski definition) is 1. The highest BCUT2D eigenvalue weighted by molar-refractivity contribution is 6.17. The topological polar surface area (TPSA) is 29.1 Å². The summed E-state index contributed by atoms with van der Waals surface area (Å²) >= 11 is 5.60. The molecule has 1 fully saturated rings. The third kappa shape index (κ3) is 5.05. The fraction of sp³-hybridized carbons (Fsp3) is 0.900. The molecular weight excluding hydrogens is 243 g/mol. The number of rotatable bonds is 6. The van der Waals surface area contributed by atoms with Crippen molar-refractivity contribution < 1.29 is 18.0 Å². The smallest absolute Gasteiger partial charge is 0.356 e. The van der Waals surface area contributed by atoms with Crippen molar-refractivity contribution in [3.8, 4) is 0 Å². The largest absolute Gasteiger partial charge is 0.389 e. The molecule has 0 atom stereocenters. The lowest BCUT2D eigenvalue weighted by molar-refractivity contribution is -0.144. The van der Waals surface area contributed by atoms with Gasteiger partial charge in [-0.2, -0.15) is 13.2 Å². The second kappa shape index (κ2) is 5.25. The lowest BCUT2D eigenvalue weighted by Crippen LogP contribution is -2.31. The number of halogens is 4. The van der Waals surface area contributed by atoms with Gasteiger partial charge in [0.2, 0.25) is 5.91 Å². The molecule has 0 saturated heterocycles. The van der Waals surface area contributed by atoms with Crippen LogP contribution in [-0.2, 0) is 4.79 Å². The maximum absolute atomic E-state index is 11.8. The van der Waals surface area contributed by atoms with Gasteiger partial charge in [-0.3, -0.25) is 4.79 Å². The minimum atomic E-state index is -4.26. The molecule has 0 aromatic carbocycles. The molecule has 0 spiro atoms. The summed E-state index contributed by atoms with van der Waals surface area (Å²) in [5, 5.41) is 2.55. The van der Waals surface area contributed by atoms with Crippen molar-refractivity contribution in [1.82, 2.24) is 5.32 Å². The molecular formula is C10H15ClF3NO. The Morgan fingerprint density at radius 3 is 2.44 bits per heavy atom. The number of alkyl halides is 4. The molecule has 1 aliphatic carbocycles. The zero-order valence-corrected chi connectivity index (χ0v) is 9.63. The van der Waals surface area contributed by atoms with Gasteiger partial charge >= 0.3 is 6.18 Å². The molecule has 1 N–H and O–H groups in total. The maximum atomic E-state index is 11.8. The van der Waals surface area contributed by atoms with Crippen molar-refractivity contribution in [3.05, 3.63) is 0 Å². The average molecular weight is 258 g/mol. The average Bonchev–Trinajstić information content (AvgIpc) is 2.92. The lowest BCUT2D eigenvalue weighted by atomic mass is 10.0. The molecule has 0 aromatic rings. The molecule has 0 aromatic heterocycles. The summed E-state index contributed by atoms with van der Waals surface area (Å²) in [7, 11) is 0. The highest BCUT2D eigenvalue weighted by atomic mass is 35.5. The molecule has 0 unspecified atom stereocenters. The van der Waals surface area contributed by atoms with Crippen molar-refractivity contribution >= 4 is 17.5 Å². The van der Waals surface area contributed by atoms with Gasteiger partial charge in [-0.05, 0) is 24.7 Å². The summed E-state index contributed by atoms with van der Waals surface area (Å²) < 4.78 is 35.5. The molecule has 0 aliphatic heterocycles. The Bertz CT molecular complexity index is 251. The number of carbonyl (C=O) groups excluding carboxylic acids is 1. The first-order chi connectivity index (χ1) is 7.37. The zero-order valence-electron chi connectivity index (χ0n) is 8.87. The Hall–Kier alpha value is -0.450. The Labute approximate surface area is 97.5 Å². The fourth-order valence-corrected chi connectivity index (χ4v) is 1.92. The van der Waals surface area contributed by atoms with Crippen LogP contribution in [0.1, 0.15) is 32.1 Å². The van der Waals surface area contributed by atoms with Crippen LogP contribution in [0.4, 0.5) is 13.2 Å². The van der Waals surface area contributed by atoms with E-state index in [1.54, 1.807) is 0 Å². The Morgan fingerprint density at radius 2 is 2.00 bits per heavy atom. The molecule has 0 bridgehead atoms. The van der Waals surface area contributed by atoms with Gasteiger partial charge < -0.3 is 5.32 Å². The van der Waals surface area contributed by atoms with E-state index in [2.05, 4.69) is 5.32 Å². The van der Waals surface area contributed by atoms with Crippen LogP contribution >= 0.6 is 11.6 Å². The van der Waals surface area contributed by atoms with Crippen molar-refractivity contribution in [3.63, 3.8) is 0 Å². The van der Waals surface area contributed by atoms with Gasteiger partial charge in [0.25, 0.3) is 0 Å². The van der Waals surface area contributed by atoms with E-state index in [9.17, 15) is 18.0 Å². The summed E-state index contributed by atoms with van der Waals surface area (Å²) in [6.07, 6.45) is -2.99. The van der Waals surface area contributed by atoms with E-state index in [0.717, 1.165) is 19.3 Å². The van der Waals surface area contributed by atoms with Crippen LogP contribution in [-0.4, -0.2) is 24.5 Å². The molecule has 6 heteroatoms. The van der Waals surface area contributed by atoms with E-state index < -0.39 is 24.9 Å². The first-order valence-corrected chi connectivity index (χ1v) is 5.80. The first-order valence-electron chi connectivity index (χ1n) is 5.26. The molecule has 1 aliphatic rings. The van der Waals surface area contributed by atoms with Crippen LogP contribution in [0, 0.1) is 5.41 Å². The van der Waals surface area contributed by atoms with Gasteiger partial charge in [0.1, 0.15) is 0 Å². The van der Waals surface area contributed by atoms with Gasteiger partial charge in [0.05, 0.1) is 6.42 Å². The van der Waals surface area contributed by atoms with Crippen LogP contribution in [0.25, 0.3) is 0 Å². The Morgan fingerprint density at radius 1 is 1.38 bits per heavy atom. The van der Waals surface area contributed by atoms with Gasteiger partial charge in [-0.25, -0.2) is 0 Å². The molecule has 16 heavy (non-hydrogen) atoms. The summed E-state index contributed by atoms with van der Waals surface area (Å²) in [6, 6.07) is 0. The lowest BCUT2D eigenvalue weighted by Gasteiger charge is -2.14. The Balaban J connectivity index is 2.16. The van der Waals surface area contributed by atoms with Crippen molar-refractivity contribution in [2.45, 2.75) is 38.3 Å². The molecule has 0 radical (unpaired) electrons. The normalized spacial score (nSPS) is 18.2. The summed E-state index contributed by atoms with van der Waals surface area (Å²) in [6.45, 7) is 0.455. The number of amides is 1. The van der Waals surface area contributed by atoms with E-state index in [1.165, 1.54) is 0 Å². The van der Waals surface area contributed by atoms with Crippen LogP contribution in [0.15, 0.2) is 0 Å². The maximum Gasteiger partial charge on any atom is 0.389 e. The zero-order chi connectivity index (χ0) is 12.2. The van der Waals surface area contributed by atoms with Gasteiger partial charge in [0.15, 0.2) is 0 Å². The second-order valence-electron chi connectivity index (χ2n) is 4.33. The van der Waals surface area contributed by atoms with Crippen LogP contribution in [0.5, 0.6) is 0 Å². The van der Waals surface area contributed by atoms with E-state index in [-0.39, 0.29) is 5.41 Å². The van der Waals surface area contributed by atoms with E-state index in [0.29, 0.717) is 12.4 Å². The minimum Gasteiger partial charge on any atom is -0.356 e. The summed E-state index contributed by atoms with van der Waals surface area (Å²) in [4.78, 5) is 11.1. The SMILES string of the molecule is O=C(CCC(F)(F)F)NCC1(CCCl)CC1. The third-order valence-electron chi connectivity index (χ3n) is 2.88. The van der Waals surface area contributed by atoms with Gasteiger partial charge in [-0.1, -0.05) is 0 Å². The van der Waals surface area contributed by atoms with Crippen LogP contribution in [0.2, 0.25) is 0 Å². The fourth-order valence-electron chi connectivity index (χ4n) is 1.52. The van der Waals surface area contributed by atoms with E-state index in [4.69, 9.17) is 11.6 Å². The van der Waals surface area contributed by atoms with E-state index in [1.807, 2.05) is 0 Å². The number of hydrogen-bond donors (Lipinski definition) is 1. The minimum absolute atomic E-state index is 0.0651. The highest BCUT2D eigenvalue weighted by Gasteiger charge is 2.41. The molecule has 94 valence electrons. The van der Waals surface area contributed by atoms with Crippen molar-refractivity contribution in [1.29, 1.82) is 0 Å². The number of carbonyl (C=O) groups is 1. The van der Waals surface area contributed by atoms with E-state index >= 15 is 0 Å². The molecule has 1 amide bonds. The van der Waals surface area contributed by atoms with Gasteiger partial charge in [0, 0.05) is 18.8 Å². The quantitative estimate of drug-likeness (QED) is 0.729. The van der Waals surface area contributed by atoms with Gasteiger partial charge in [-0.15, -0.1) is 11.6 Å².